The lowest BCUT2D eigenvalue weighted by Gasteiger charge is -2.07. The summed E-state index contributed by atoms with van der Waals surface area (Å²) < 4.78 is 2.46. The number of rotatable bonds is 5. The normalized spacial score (nSPS) is 10.8. The first-order chi connectivity index (χ1) is 9.52. The summed E-state index contributed by atoms with van der Waals surface area (Å²) in [7, 11) is 0. The van der Waals surface area contributed by atoms with E-state index >= 15 is 0 Å². The van der Waals surface area contributed by atoms with Crippen LogP contribution in [0.25, 0.3) is 0 Å². The molecule has 2 aromatic rings. The van der Waals surface area contributed by atoms with Crippen molar-refractivity contribution in [3.8, 4) is 0 Å². The van der Waals surface area contributed by atoms with Crippen molar-refractivity contribution in [2.45, 2.75) is 36.9 Å². The lowest BCUT2D eigenvalue weighted by molar-refractivity contribution is 0.101. The van der Waals surface area contributed by atoms with Crippen LogP contribution < -0.4 is 5.69 Å². The van der Waals surface area contributed by atoms with Crippen LogP contribution in [0.2, 0.25) is 0 Å². The van der Waals surface area contributed by atoms with Gasteiger partial charge in [0.1, 0.15) is 0 Å². The predicted molar refractivity (Wildman–Crippen MR) is 81.4 cm³/mol. The molecule has 0 bridgehead atoms. The van der Waals surface area contributed by atoms with E-state index in [1.54, 1.807) is 10.6 Å². The lowest BCUT2D eigenvalue weighted by atomic mass is 10.1. The minimum Gasteiger partial charge on any atom is -0.294 e. The minimum absolute atomic E-state index is 0.0140. The van der Waals surface area contributed by atoms with Crippen LogP contribution in [0.4, 0.5) is 0 Å². The molecule has 1 aromatic heterocycles. The van der Waals surface area contributed by atoms with Gasteiger partial charge in [0.2, 0.25) is 0 Å². The van der Waals surface area contributed by atoms with E-state index in [0.717, 1.165) is 15.8 Å². The van der Waals surface area contributed by atoms with Crippen LogP contribution in [0.1, 0.15) is 30.6 Å². The molecule has 1 N–H and O–H groups in total. The monoisotopic (exact) mass is 355 g/mol. The highest BCUT2D eigenvalue weighted by molar-refractivity contribution is 9.10. The molecule has 2 rings (SSSR count). The molecule has 0 atom stereocenters. The van der Waals surface area contributed by atoms with Gasteiger partial charge in [0, 0.05) is 21.5 Å². The van der Waals surface area contributed by atoms with Gasteiger partial charge in [0.05, 0.1) is 0 Å². The van der Waals surface area contributed by atoms with Gasteiger partial charge in [-0.05, 0) is 43.3 Å². The second kappa shape index (κ2) is 6.41. The first-order valence-electron chi connectivity index (χ1n) is 6.16. The molecule has 0 fully saturated rings. The Labute approximate surface area is 128 Å². The molecule has 5 nitrogen and oxygen atoms in total. The van der Waals surface area contributed by atoms with E-state index in [1.807, 2.05) is 19.1 Å². The molecule has 0 aliphatic carbocycles. The molecule has 20 heavy (non-hydrogen) atoms. The molecule has 106 valence electrons. The van der Waals surface area contributed by atoms with Crippen LogP contribution >= 0.6 is 27.7 Å². The molecule has 0 spiro atoms. The molecule has 1 heterocycles. The zero-order chi connectivity index (χ0) is 14.7. The molecule has 0 radical (unpaired) electrons. The Morgan fingerprint density at radius 2 is 2.25 bits per heavy atom. The van der Waals surface area contributed by atoms with E-state index < -0.39 is 0 Å². The molecule has 0 aliphatic heterocycles. The fourth-order valence-corrected chi connectivity index (χ4v) is 3.36. The zero-order valence-corrected chi connectivity index (χ0v) is 13.5. The Morgan fingerprint density at radius 1 is 1.50 bits per heavy atom. The summed E-state index contributed by atoms with van der Waals surface area (Å²) in [5, 5.41) is 7.03. The van der Waals surface area contributed by atoms with E-state index in [1.165, 1.54) is 18.7 Å². The van der Waals surface area contributed by atoms with Crippen LogP contribution in [0.5, 0.6) is 0 Å². The maximum atomic E-state index is 11.7. The van der Waals surface area contributed by atoms with Gasteiger partial charge in [-0.1, -0.05) is 22.9 Å². The number of hydrogen-bond donors (Lipinski definition) is 1. The number of carbonyl (C=O) groups excluding carboxylic acids is 1. The van der Waals surface area contributed by atoms with Crippen molar-refractivity contribution in [2.24, 2.45) is 0 Å². The Morgan fingerprint density at radius 3 is 2.90 bits per heavy atom. The van der Waals surface area contributed by atoms with Crippen molar-refractivity contribution in [1.82, 2.24) is 14.8 Å². The summed E-state index contributed by atoms with van der Waals surface area (Å²) in [5.74, 6) is -0.0140. The van der Waals surface area contributed by atoms with Gasteiger partial charge in [0.15, 0.2) is 10.9 Å². The molecular formula is C13H14BrN3O2S. The fraction of sp³-hybridized carbons (Fsp3) is 0.308. The molecular weight excluding hydrogens is 342 g/mol. The number of ketones is 1. The second-order valence-electron chi connectivity index (χ2n) is 4.26. The predicted octanol–water partition coefficient (Wildman–Crippen LogP) is 3.10. The van der Waals surface area contributed by atoms with Crippen LogP contribution in [0.3, 0.4) is 0 Å². The van der Waals surface area contributed by atoms with Crippen molar-refractivity contribution in [3.05, 3.63) is 38.7 Å². The fourth-order valence-electron chi connectivity index (χ4n) is 1.77. The van der Waals surface area contributed by atoms with Crippen molar-refractivity contribution in [2.75, 3.05) is 0 Å². The Balaban J connectivity index is 2.42. The third-order valence-corrected chi connectivity index (χ3v) is 4.24. The zero-order valence-electron chi connectivity index (χ0n) is 11.1. The molecule has 1 aromatic carbocycles. The van der Waals surface area contributed by atoms with Gasteiger partial charge >= 0.3 is 5.69 Å². The summed E-state index contributed by atoms with van der Waals surface area (Å²) >= 11 is 4.71. The van der Waals surface area contributed by atoms with Gasteiger partial charge in [0.25, 0.3) is 0 Å². The van der Waals surface area contributed by atoms with Gasteiger partial charge in [-0.2, -0.15) is 0 Å². The Kier molecular flexibility index (Phi) is 4.82. The van der Waals surface area contributed by atoms with Gasteiger partial charge in [-0.15, -0.1) is 5.10 Å². The van der Waals surface area contributed by atoms with Crippen LogP contribution in [-0.4, -0.2) is 20.5 Å². The third-order valence-electron chi connectivity index (χ3n) is 2.69. The highest BCUT2D eigenvalue weighted by Gasteiger charge is 2.14. The van der Waals surface area contributed by atoms with E-state index in [2.05, 4.69) is 26.1 Å². The van der Waals surface area contributed by atoms with Crippen molar-refractivity contribution >= 4 is 33.5 Å². The molecule has 7 heteroatoms. The Hall–Kier alpha value is -1.34. The van der Waals surface area contributed by atoms with Crippen LogP contribution in [0.15, 0.2) is 37.5 Å². The molecule has 0 aliphatic rings. The van der Waals surface area contributed by atoms with Crippen molar-refractivity contribution in [3.63, 3.8) is 0 Å². The molecule has 0 saturated heterocycles. The van der Waals surface area contributed by atoms with Crippen LogP contribution in [-0.2, 0) is 6.54 Å². The molecule has 0 unspecified atom stereocenters. The third kappa shape index (κ3) is 3.21. The quantitative estimate of drug-likeness (QED) is 0.836. The average Bonchev–Trinajstić information content (AvgIpc) is 2.72. The van der Waals surface area contributed by atoms with E-state index in [4.69, 9.17) is 0 Å². The average molecular weight is 356 g/mol. The SMILES string of the molecule is CCCn1c(Sc2cc(Br)ccc2C(C)=O)n[nH]c1=O. The highest BCUT2D eigenvalue weighted by atomic mass is 79.9. The number of benzene rings is 1. The number of aromatic amines is 1. The van der Waals surface area contributed by atoms with Crippen LogP contribution in [0, 0.1) is 0 Å². The number of aromatic nitrogens is 3. The van der Waals surface area contributed by atoms with Crippen molar-refractivity contribution < 1.29 is 4.79 Å². The number of H-pyrrole nitrogens is 1. The topological polar surface area (TPSA) is 67.8 Å². The number of nitrogens with zero attached hydrogens (tertiary/aromatic N) is 2. The number of Topliss-reactive ketones (excluding diaryl/α,β-unsaturated/α-hetero) is 1. The smallest absolute Gasteiger partial charge is 0.294 e. The van der Waals surface area contributed by atoms with Gasteiger partial charge in [-0.25, -0.2) is 9.89 Å². The first kappa shape index (κ1) is 15.1. The number of nitrogens with one attached hydrogen (secondary N) is 1. The summed E-state index contributed by atoms with van der Waals surface area (Å²) in [4.78, 5) is 24.1. The standard InChI is InChI=1S/C13H14BrN3O2S/c1-3-6-17-12(19)15-16-13(17)20-11-7-9(14)4-5-10(11)8(2)18/h4-5,7H,3,6H2,1-2H3,(H,15,19). The van der Waals surface area contributed by atoms with E-state index in [-0.39, 0.29) is 11.5 Å². The summed E-state index contributed by atoms with van der Waals surface area (Å²) in [5.41, 5.74) is 0.394. The van der Waals surface area contributed by atoms with E-state index in [0.29, 0.717) is 17.3 Å². The minimum atomic E-state index is -0.228. The molecule has 0 amide bonds. The molecule has 0 saturated carbocycles. The van der Waals surface area contributed by atoms with Gasteiger partial charge < -0.3 is 0 Å². The number of hydrogen-bond acceptors (Lipinski definition) is 4. The maximum Gasteiger partial charge on any atom is 0.343 e. The first-order valence-corrected chi connectivity index (χ1v) is 7.77. The summed E-state index contributed by atoms with van der Waals surface area (Å²) in [6.07, 6.45) is 0.838. The van der Waals surface area contributed by atoms with E-state index in [9.17, 15) is 9.59 Å². The largest absolute Gasteiger partial charge is 0.343 e. The number of halogens is 1. The number of carbonyl (C=O) groups is 1. The summed E-state index contributed by atoms with van der Waals surface area (Å²) in [6, 6.07) is 5.45. The second-order valence-corrected chi connectivity index (χ2v) is 6.19. The highest BCUT2D eigenvalue weighted by Crippen LogP contribution is 2.31. The Bertz CT molecular complexity index is 693. The lowest BCUT2D eigenvalue weighted by Crippen LogP contribution is -2.17. The summed E-state index contributed by atoms with van der Waals surface area (Å²) in [6.45, 7) is 4.12. The van der Waals surface area contributed by atoms with Gasteiger partial charge in [-0.3, -0.25) is 9.36 Å². The maximum absolute atomic E-state index is 11.7. The van der Waals surface area contributed by atoms with Crippen molar-refractivity contribution in [1.29, 1.82) is 0 Å².